The Bertz CT molecular complexity index is 2190. The summed E-state index contributed by atoms with van der Waals surface area (Å²) in [5, 5.41) is 15.8. The minimum absolute atomic E-state index is 0.0293. The summed E-state index contributed by atoms with van der Waals surface area (Å²) in [5.41, 5.74) is 3.64. The molecule has 296 valence electrons. The average Bonchev–Trinajstić information content (AvgIpc) is 3.86. The molecule has 4 aromatic rings. The van der Waals surface area contributed by atoms with Crippen LogP contribution in [0.25, 0.3) is 23.0 Å². The van der Waals surface area contributed by atoms with Crippen LogP contribution in [0.1, 0.15) is 77.4 Å². The number of hydrogen-bond donors (Lipinski definition) is 3. The summed E-state index contributed by atoms with van der Waals surface area (Å²) in [6, 6.07) is 11.7. The van der Waals surface area contributed by atoms with E-state index in [1.165, 1.54) is 25.4 Å². The molecule has 1 amide bonds. The van der Waals surface area contributed by atoms with Crippen molar-refractivity contribution in [2.75, 3.05) is 32.1 Å². The van der Waals surface area contributed by atoms with E-state index in [0.717, 1.165) is 69.4 Å². The van der Waals surface area contributed by atoms with E-state index in [4.69, 9.17) is 32.9 Å². The van der Waals surface area contributed by atoms with E-state index in [9.17, 15) is 23.5 Å². The van der Waals surface area contributed by atoms with Crippen LogP contribution in [0.3, 0.4) is 0 Å². The number of aliphatic carboxylic acids is 1. The summed E-state index contributed by atoms with van der Waals surface area (Å²) in [4.78, 5) is 36.9. The highest BCUT2D eigenvalue weighted by Gasteiger charge is 2.57. The minimum Gasteiger partial charge on any atom is -0.496 e. The second-order valence-corrected chi connectivity index (χ2v) is 15.9. The standard InChI is InChI=1S/C41H43Cl2F3N6O4/c1-51-32-9-15-52(16-14-40-10-12-41(23-40,13-11-40)39(54)55)22-31(32)49-37(51)38(53)50-29-8-4-7-27(36(29)43)26-6-3-5-24(35(26)42)17-28(44)30-18-33(56-2)25(20-48-30)19-47-21-34(45)46/h3-8,17-18,20,34,47H,9-16,19,21-23H2,1-2H3,(H,50,53)(H,54,55)/b28-17-. The first-order valence-electron chi connectivity index (χ1n) is 18.6. The molecule has 2 aromatic heterocycles. The summed E-state index contributed by atoms with van der Waals surface area (Å²) in [6.45, 7) is 1.89. The van der Waals surface area contributed by atoms with Gasteiger partial charge in [-0.2, -0.15) is 0 Å². The van der Waals surface area contributed by atoms with Crippen molar-refractivity contribution < 1.29 is 32.6 Å². The molecule has 2 fully saturated rings. The molecule has 10 nitrogen and oxygen atoms in total. The lowest BCUT2D eigenvalue weighted by Crippen LogP contribution is -2.34. The normalized spacial score (nSPS) is 20.8. The molecule has 0 spiro atoms. The molecule has 2 aromatic carbocycles. The number of imidazole rings is 1. The van der Waals surface area contributed by atoms with Crippen LogP contribution in [0.4, 0.5) is 18.9 Å². The van der Waals surface area contributed by atoms with Crippen molar-refractivity contribution in [1.29, 1.82) is 0 Å². The number of carbonyl (C=O) groups is 2. The Morgan fingerprint density at radius 2 is 1.82 bits per heavy atom. The molecule has 0 unspecified atom stereocenters. The Morgan fingerprint density at radius 3 is 2.52 bits per heavy atom. The number of ether oxygens (including phenoxy) is 1. The predicted octanol–water partition coefficient (Wildman–Crippen LogP) is 8.66. The Labute approximate surface area is 333 Å². The summed E-state index contributed by atoms with van der Waals surface area (Å²) >= 11 is 13.7. The highest BCUT2D eigenvalue weighted by Crippen LogP contribution is 2.63. The molecule has 7 rings (SSSR count). The molecule has 1 aliphatic heterocycles. The fourth-order valence-corrected chi connectivity index (χ4v) is 9.22. The van der Waals surface area contributed by atoms with Gasteiger partial charge in [-0.05, 0) is 68.2 Å². The van der Waals surface area contributed by atoms with E-state index in [2.05, 4.69) is 20.5 Å². The number of hydrogen-bond acceptors (Lipinski definition) is 7. The third-order valence-electron chi connectivity index (χ3n) is 11.8. The summed E-state index contributed by atoms with van der Waals surface area (Å²) in [5.74, 6) is -1.21. The average molecular weight is 812 g/mol. The van der Waals surface area contributed by atoms with Gasteiger partial charge in [0, 0.05) is 67.8 Å². The molecule has 0 saturated heterocycles. The molecule has 3 N–H and O–H groups in total. The molecule has 3 heterocycles. The van der Waals surface area contributed by atoms with Crippen molar-refractivity contribution >= 4 is 52.7 Å². The Morgan fingerprint density at radius 1 is 1.09 bits per heavy atom. The maximum absolute atomic E-state index is 15.6. The smallest absolute Gasteiger partial charge is 0.309 e. The van der Waals surface area contributed by atoms with E-state index in [1.807, 2.05) is 11.6 Å². The lowest BCUT2D eigenvalue weighted by molar-refractivity contribution is -0.148. The van der Waals surface area contributed by atoms with E-state index >= 15 is 4.39 Å². The first kappa shape index (κ1) is 39.8. The molecular formula is C41H43Cl2F3N6O4. The maximum Gasteiger partial charge on any atom is 0.309 e. The second kappa shape index (κ2) is 16.2. The Kier molecular flexibility index (Phi) is 11.5. The van der Waals surface area contributed by atoms with E-state index in [0.29, 0.717) is 34.5 Å². The van der Waals surface area contributed by atoms with Gasteiger partial charge in [0.1, 0.15) is 17.3 Å². The maximum atomic E-state index is 15.6. The summed E-state index contributed by atoms with van der Waals surface area (Å²) in [7, 11) is 3.24. The predicted molar refractivity (Wildman–Crippen MR) is 210 cm³/mol. The summed E-state index contributed by atoms with van der Waals surface area (Å²) < 4.78 is 47.9. The van der Waals surface area contributed by atoms with E-state index < -0.39 is 36.1 Å². The number of nitrogens with zero attached hydrogens (tertiary/aromatic N) is 4. The number of benzene rings is 2. The number of nitrogens with one attached hydrogen (secondary N) is 2. The van der Waals surface area contributed by atoms with Crippen LogP contribution in [0.15, 0.2) is 48.7 Å². The van der Waals surface area contributed by atoms with Crippen molar-refractivity contribution in [3.63, 3.8) is 0 Å². The van der Waals surface area contributed by atoms with E-state index in [1.54, 1.807) is 36.4 Å². The zero-order chi connectivity index (χ0) is 39.8. The topological polar surface area (TPSA) is 122 Å². The van der Waals surface area contributed by atoms with Crippen molar-refractivity contribution in [3.05, 3.63) is 92.7 Å². The number of anilines is 1. The van der Waals surface area contributed by atoms with E-state index in [-0.39, 0.29) is 39.3 Å². The first-order chi connectivity index (χ1) is 26.8. The van der Waals surface area contributed by atoms with Crippen LogP contribution in [-0.2, 0) is 31.4 Å². The third kappa shape index (κ3) is 7.91. The number of carbonyl (C=O) groups excluding carboxylic acids is 1. The van der Waals surface area contributed by atoms with Crippen LogP contribution in [-0.4, -0.2) is 69.6 Å². The molecule has 2 bridgehead atoms. The molecule has 2 aliphatic carbocycles. The van der Waals surface area contributed by atoms with Gasteiger partial charge in [0.15, 0.2) is 5.82 Å². The highest BCUT2D eigenvalue weighted by molar-refractivity contribution is 6.39. The Balaban J connectivity index is 1.03. The van der Waals surface area contributed by atoms with Gasteiger partial charge >= 0.3 is 5.97 Å². The highest BCUT2D eigenvalue weighted by atomic mass is 35.5. The zero-order valence-corrected chi connectivity index (χ0v) is 32.6. The molecule has 56 heavy (non-hydrogen) atoms. The number of aromatic nitrogens is 3. The Hall–Kier alpha value is -4.43. The van der Waals surface area contributed by atoms with Gasteiger partial charge in [0.05, 0.1) is 40.5 Å². The number of methoxy groups -OCH3 is 1. The number of fused-ring (bicyclic) bond motifs is 3. The molecular weight excluding hydrogens is 768 g/mol. The van der Waals surface area contributed by atoms with Gasteiger partial charge in [0.2, 0.25) is 0 Å². The molecule has 3 aliphatic rings. The van der Waals surface area contributed by atoms with Crippen molar-refractivity contribution in [2.45, 2.75) is 64.5 Å². The lowest BCUT2D eigenvalue weighted by Gasteiger charge is -2.32. The van der Waals surface area contributed by atoms with Crippen LogP contribution < -0.4 is 15.4 Å². The van der Waals surface area contributed by atoms with Gasteiger partial charge in [-0.1, -0.05) is 53.5 Å². The van der Waals surface area contributed by atoms with Gasteiger partial charge in [-0.3, -0.25) is 19.5 Å². The lowest BCUT2D eigenvalue weighted by atomic mass is 9.80. The summed E-state index contributed by atoms with van der Waals surface area (Å²) in [6.07, 6.45) is 6.08. The van der Waals surface area contributed by atoms with Crippen LogP contribution in [0.5, 0.6) is 5.75 Å². The van der Waals surface area contributed by atoms with Gasteiger partial charge in [0.25, 0.3) is 12.3 Å². The van der Waals surface area contributed by atoms with Crippen molar-refractivity contribution in [1.82, 2.24) is 24.8 Å². The molecule has 0 radical (unpaired) electrons. The van der Waals surface area contributed by atoms with Gasteiger partial charge < -0.3 is 25.0 Å². The quantitative estimate of drug-likeness (QED) is 0.116. The van der Waals surface area contributed by atoms with Crippen LogP contribution in [0, 0.1) is 10.8 Å². The van der Waals surface area contributed by atoms with Crippen molar-refractivity contribution in [3.8, 4) is 16.9 Å². The number of carboxylic acids is 1. The largest absolute Gasteiger partial charge is 0.496 e. The first-order valence-corrected chi connectivity index (χ1v) is 19.4. The van der Waals surface area contributed by atoms with Crippen molar-refractivity contribution in [2.24, 2.45) is 17.9 Å². The minimum atomic E-state index is -2.51. The van der Waals surface area contributed by atoms with Crippen LogP contribution >= 0.6 is 23.2 Å². The molecule has 0 atom stereocenters. The number of rotatable bonds is 14. The number of halogens is 5. The zero-order valence-electron chi connectivity index (χ0n) is 31.1. The number of pyridine rings is 1. The number of amides is 1. The number of alkyl halides is 2. The third-order valence-corrected chi connectivity index (χ3v) is 12.6. The van der Waals surface area contributed by atoms with Crippen LogP contribution in [0.2, 0.25) is 10.0 Å². The SMILES string of the molecule is COc1cc(/C(F)=C/c2cccc(-c3cccc(NC(=O)c4nc5c(n4C)CCN(CCC46CCC(C(=O)O)(CC4)C6)C5)c3Cl)c2Cl)ncc1CNCC(F)F. The monoisotopic (exact) mass is 810 g/mol. The van der Waals surface area contributed by atoms with Gasteiger partial charge in [-0.15, -0.1) is 0 Å². The molecule has 15 heteroatoms. The fraction of sp³-hybridized carbons (Fsp3) is 0.415. The molecule has 2 saturated carbocycles. The second-order valence-electron chi connectivity index (χ2n) is 15.2. The number of carboxylic acid groups (broad SMARTS) is 1. The van der Waals surface area contributed by atoms with Gasteiger partial charge in [-0.25, -0.2) is 18.2 Å². The fourth-order valence-electron chi connectivity index (χ4n) is 8.66.